The van der Waals surface area contributed by atoms with Crippen molar-refractivity contribution in [2.75, 3.05) is 4.72 Å². The van der Waals surface area contributed by atoms with Crippen molar-refractivity contribution in [2.24, 2.45) is 0 Å². The van der Waals surface area contributed by atoms with Crippen molar-refractivity contribution in [2.45, 2.75) is 11.8 Å². The number of nitrogens with one attached hydrogen (secondary N) is 2. The summed E-state index contributed by atoms with van der Waals surface area (Å²) >= 11 is 5.55. The lowest BCUT2D eigenvalue weighted by Crippen LogP contribution is -2.15. The topological polar surface area (TPSA) is 74.8 Å². The molecule has 2 rings (SSSR count). The van der Waals surface area contributed by atoms with Crippen LogP contribution in [0.25, 0.3) is 0 Å². The Balaban J connectivity index is 2.43. The maximum atomic E-state index is 13.6. The molecular formula is C10H9ClFN3O2S. The van der Waals surface area contributed by atoms with Crippen molar-refractivity contribution in [3.8, 4) is 0 Å². The standard InChI is InChI=1S/C10H9ClFN3O2S/c1-6-5-13-14-10(6)15-18(16,17)8-4-2-3-7(11)9(8)12/h2-5H,1H3,(H2,13,14,15). The molecule has 0 radical (unpaired) electrons. The van der Waals surface area contributed by atoms with Gasteiger partial charge in [0.25, 0.3) is 10.0 Å². The van der Waals surface area contributed by atoms with Crippen LogP contribution in [0.15, 0.2) is 29.3 Å². The van der Waals surface area contributed by atoms with Gasteiger partial charge < -0.3 is 0 Å². The maximum absolute atomic E-state index is 13.6. The lowest BCUT2D eigenvalue weighted by atomic mass is 10.3. The van der Waals surface area contributed by atoms with Gasteiger partial charge in [-0.15, -0.1) is 0 Å². The number of aromatic amines is 1. The molecule has 1 aromatic heterocycles. The fourth-order valence-electron chi connectivity index (χ4n) is 1.33. The summed E-state index contributed by atoms with van der Waals surface area (Å²) in [7, 11) is -4.04. The highest BCUT2D eigenvalue weighted by Crippen LogP contribution is 2.24. The third-order valence-corrected chi connectivity index (χ3v) is 3.93. The van der Waals surface area contributed by atoms with Gasteiger partial charge in [0, 0.05) is 5.56 Å². The van der Waals surface area contributed by atoms with Crippen LogP contribution in [-0.4, -0.2) is 18.6 Å². The predicted molar refractivity (Wildman–Crippen MR) is 65.5 cm³/mol. The average Bonchev–Trinajstić information content (AvgIpc) is 2.67. The molecule has 1 aromatic carbocycles. The van der Waals surface area contributed by atoms with Crippen molar-refractivity contribution in [1.29, 1.82) is 0 Å². The van der Waals surface area contributed by atoms with Crippen LogP contribution in [0.3, 0.4) is 0 Å². The first-order chi connectivity index (χ1) is 8.42. The van der Waals surface area contributed by atoms with E-state index in [-0.39, 0.29) is 10.8 Å². The molecule has 0 aliphatic heterocycles. The van der Waals surface area contributed by atoms with Gasteiger partial charge in [0.2, 0.25) is 0 Å². The SMILES string of the molecule is Cc1cn[nH]c1NS(=O)(=O)c1cccc(Cl)c1F. The molecule has 2 N–H and O–H groups in total. The van der Waals surface area contributed by atoms with E-state index in [1.54, 1.807) is 6.92 Å². The van der Waals surface area contributed by atoms with E-state index in [1.165, 1.54) is 18.3 Å². The highest BCUT2D eigenvalue weighted by Gasteiger charge is 2.21. The van der Waals surface area contributed by atoms with Crippen molar-refractivity contribution in [3.05, 3.63) is 40.8 Å². The molecule has 96 valence electrons. The highest BCUT2D eigenvalue weighted by atomic mass is 35.5. The number of sulfonamides is 1. The molecule has 18 heavy (non-hydrogen) atoms. The Morgan fingerprint density at radius 3 is 2.78 bits per heavy atom. The third kappa shape index (κ3) is 2.32. The normalized spacial score (nSPS) is 11.5. The molecule has 0 unspecified atom stereocenters. The van der Waals surface area contributed by atoms with Gasteiger partial charge in [-0.2, -0.15) is 5.10 Å². The van der Waals surface area contributed by atoms with Gasteiger partial charge in [-0.1, -0.05) is 17.7 Å². The molecule has 0 saturated carbocycles. The molecule has 0 aliphatic rings. The van der Waals surface area contributed by atoms with Gasteiger partial charge >= 0.3 is 0 Å². The molecule has 1 heterocycles. The molecule has 0 bridgehead atoms. The van der Waals surface area contributed by atoms with Crippen molar-refractivity contribution in [3.63, 3.8) is 0 Å². The summed E-state index contributed by atoms with van der Waals surface area (Å²) in [5.41, 5.74) is 0.598. The minimum absolute atomic E-state index is 0.189. The van der Waals surface area contributed by atoms with Gasteiger partial charge in [-0.25, -0.2) is 12.8 Å². The second kappa shape index (κ2) is 4.58. The second-order valence-corrected chi connectivity index (χ2v) is 5.64. The number of aromatic nitrogens is 2. The van der Waals surface area contributed by atoms with E-state index in [0.29, 0.717) is 5.56 Å². The van der Waals surface area contributed by atoms with Gasteiger partial charge in [0.15, 0.2) is 5.82 Å². The summed E-state index contributed by atoms with van der Waals surface area (Å²) in [5.74, 6) is -0.793. The van der Waals surface area contributed by atoms with E-state index in [9.17, 15) is 12.8 Å². The molecular weight excluding hydrogens is 281 g/mol. The Morgan fingerprint density at radius 2 is 2.17 bits per heavy atom. The number of anilines is 1. The number of hydrogen-bond acceptors (Lipinski definition) is 3. The smallest absolute Gasteiger partial charge is 0.263 e. The van der Waals surface area contributed by atoms with E-state index in [0.717, 1.165) is 6.07 Å². The number of benzene rings is 1. The molecule has 2 aromatic rings. The molecule has 0 spiro atoms. The summed E-state index contributed by atoms with van der Waals surface area (Å²) in [4.78, 5) is -0.510. The van der Waals surface area contributed by atoms with Crippen LogP contribution in [0.1, 0.15) is 5.56 Å². The van der Waals surface area contributed by atoms with Crippen molar-refractivity contribution in [1.82, 2.24) is 10.2 Å². The number of hydrogen-bond donors (Lipinski definition) is 2. The molecule has 0 fully saturated rings. The number of rotatable bonds is 3. The van der Waals surface area contributed by atoms with E-state index in [1.807, 2.05) is 0 Å². The highest BCUT2D eigenvalue weighted by molar-refractivity contribution is 7.92. The Labute approximate surface area is 108 Å². The first-order valence-corrected chi connectivity index (χ1v) is 6.75. The van der Waals surface area contributed by atoms with Crippen LogP contribution < -0.4 is 4.72 Å². The monoisotopic (exact) mass is 289 g/mol. The van der Waals surface area contributed by atoms with Crippen LogP contribution in [0.5, 0.6) is 0 Å². The van der Waals surface area contributed by atoms with E-state index < -0.39 is 20.7 Å². The summed E-state index contributed by atoms with van der Waals surface area (Å²) in [6.07, 6.45) is 1.45. The Kier molecular flexibility index (Phi) is 3.27. The van der Waals surface area contributed by atoms with E-state index >= 15 is 0 Å². The first kappa shape index (κ1) is 12.8. The number of aryl methyl sites for hydroxylation is 1. The van der Waals surface area contributed by atoms with E-state index in [2.05, 4.69) is 14.9 Å². The summed E-state index contributed by atoms with van der Waals surface area (Å²) in [6.45, 7) is 1.66. The third-order valence-electron chi connectivity index (χ3n) is 2.27. The van der Waals surface area contributed by atoms with Gasteiger partial charge in [0.05, 0.1) is 11.2 Å². The second-order valence-electron chi connectivity index (χ2n) is 3.59. The zero-order valence-corrected chi connectivity index (χ0v) is 10.8. The maximum Gasteiger partial charge on any atom is 0.266 e. The van der Waals surface area contributed by atoms with Crippen LogP contribution >= 0.6 is 11.6 Å². The summed E-state index contributed by atoms with van der Waals surface area (Å²) in [6, 6.07) is 3.77. The number of H-pyrrole nitrogens is 1. The molecule has 5 nitrogen and oxygen atoms in total. The number of halogens is 2. The average molecular weight is 290 g/mol. The van der Waals surface area contributed by atoms with Crippen LogP contribution in [0.4, 0.5) is 10.2 Å². The molecule has 0 saturated heterocycles. The lowest BCUT2D eigenvalue weighted by molar-refractivity contribution is 0.570. The van der Waals surface area contributed by atoms with Crippen molar-refractivity contribution >= 4 is 27.4 Å². The van der Waals surface area contributed by atoms with Gasteiger partial charge in [-0.05, 0) is 19.1 Å². The minimum atomic E-state index is -4.04. The largest absolute Gasteiger partial charge is 0.266 e. The fraction of sp³-hybridized carbons (Fsp3) is 0.100. The van der Waals surface area contributed by atoms with Gasteiger partial charge in [0.1, 0.15) is 10.7 Å². The van der Waals surface area contributed by atoms with E-state index in [4.69, 9.17) is 11.6 Å². The lowest BCUT2D eigenvalue weighted by Gasteiger charge is -2.08. The Bertz CT molecular complexity index is 684. The quantitative estimate of drug-likeness (QED) is 0.910. The molecule has 8 heteroatoms. The van der Waals surface area contributed by atoms with Gasteiger partial charge in [-0.3, -0.25) is 9.82 Å². The summed E-state index contributed by atoms with van der Waals surface area (Å²) < 4.78 is 39.8. The zero-order chi connectivity index (χ0) is 13.3. The predicted octanol–water partition coefficient (Wildman–Crippen LogP) is 2.31. The van der Waals surface area contributed by atoms with Crippen LogP contribution in [0.2, 0.25) is 5.02 Å². The summed E-state index contributed by atoms with van der Waals surface area (Å²) in [5, 5.41) is 5.89. The van der Waals surface area contributed by atoms with Crippen LogP contribution in [0, 0.1) is 12.7 Å². The molecule has 0 amide bonds. The van der Waals surface area contributed by atoms with Crippen molar-refractivity contribution < 1.29 is 12.8 Å². The Morgan fingerprint density at radius 1 is 1.44 bits per heavy atom. The Hall–Kier alpha value is -1.60. The number of nitrogens with zero attached hydrogens (tertiary/aromatic N) is 1. The fourth-order valence-corrected chi connectivity index (χ4v) is 2.75. The minimum Gasteiger partial charge on any atom is -0.263 e. The zero-order valence-electron chi connectivity index (χ0n) is 9.24. The molecule has 0 atom stereocenters. The molecule has 0 aliphatic carbocycles. The van der Waals surface area contributed by atoms with Crippen LogP contribution in [-0.2, 0) is 10.0 Å². The first-order valence-electron chi connectivity index (χ1n) is 4.88.